The van der Waals surface area contributed by atoms with Gasteiger partial charge in [-0.1, -0.05) is 0 Å². The van der Waals surface area contributed by atoms with E-state index >= 15 is 0 Å². The highest BCUT2D eigenvalue weighted by Gasteiger charge is 2.59. The van der Waals surface area contributed by atoms with Crippen molar-refractivity contribution in [1.29, 1.82) is 0 Å². The summed E-state index contributed by atoms with van der Waals surface area (Å²) in [5.74, 6) is 0.187. The molecule has 4 rings (SSSR count). The minimum atomic E-state index is -0.713. The number of hydrogen-bond acceptors (Lipinski definition) is 3. The number of carboxylic acid groups (broad SMARTS) is 1. The summed E-state index contributed by atoms with van der Waals surface area (Å²) in [6, 6.07) is 0. The van der Waals surface area contributed by atoms with Crippen LogP contribution in [0.3, 0.4) is 0 Å². The highest BCUT2D eigenvalue weighted by Crippen LogP contribution is 2.63. The zero-order valence-corrected chi connectivity index (χ0v) is 10.8. The highest BCUT2D eigenvalue weighted by atomic mass is 16.6. The molecule has 0 radical (unpaired) electrons. The van der Waals surface area contributed by atoms with Crippen molar-refractivity contribution in [2.24, 2.45) is 17.3 Å². The average Bonchev–Trinajstić information content (AvgIpc) is 2.08. The highest BCUT2D eigenvalue weighted by molar-refractivity contribution is 5.68. The van der Waals surface area contributed by atoms with Gasteiger partial charge in [0.05, 0.1) is 6.42 Å². The van der Waals surface area contributed by atoms with E-state index in [-0.39, 0.29) is 23.4 Å². The van der Waals surface area contributed by atoms with Gasteiger partial charge < -0.3 is 9.84 Å². The first-order chi connectivity index (χ1) is 8.40. The molecule has 0 amide bonds. The lowest BCUT2D eigenvalue weighted by Gasteiger charge is -2.60. The minimum absolute atomic E-state index is 0.106. The SMILES string of the molecule is CC(=O)OC12CC3CC(CC(CC(=O)O)(C3)C1)C2. The van der Waals surface area contributed by atoms with Crippen molar-refractivity contribution < 1.29 is 19.4 Å². The molecule has 0 aromatic heterocycles. The second-order valence-electron chi connectivity index (χ2n) is 6.81. The molecule has 100 valence electrons. The quantitative estimate of drug-likeness (QED) is 0.783. The Hall–Kier alpha value is -1.06. The number of esters is 1. The van der Waals surface area contributed by atoms with Gasteiger partial charge in [-0.2, -0.15) is 0 Å². The molecule has 1 N–H and O–H groups in total. The molecular formula is C14H20O4. The largest absolute Gasteiger partial charge is 0.481 e. The molecule has 0 aromatic rings. The van der Waals surface area contributed by atoms with Crippen LogP contribution in [0.4, 0.5) is 0 Å². The zero-order valence-electron chi connectivity index (χ0n) is 10.8. The van der Waals surface area contributed by atoms with Crippen LogP contribution in [0.2, 0.25) is 0 Å². The van der Waals surface area contributed by atoms with Gasteiger partial charge in [0.2, 0.25) is 0 Å². The van der Waals surface area contributed by atoms with Crippen LogP contribution < -0.4 is 0 Å². The first-order valence-corrected chi connectivity index (χ1v) is 6.82. The number of carbonyl (C=O) groups excluding carboxylic acids is 1. The summed E-state index contributed by atoms with van der Waals surface area (Å²) in [5, 5.41) is 9.13. The van der Waals surface area contributed by atoms with Gasteiger partial charge in [-0.3, -0.25) is 9.59 Å². The molecule has 0 aliphatic heterocycles. The number of aliphatic carboxylic acids is 1. The van der Waals surface area contributed by atoms with E-state index in [0.29, 0.717) is 11.8 Å². The minimum Gasteiger partial charge on any atom is -0.481 e. The maximum Gasteiger partial charge on any atom is 0.303 e. The smallest absolute Gasteiger partial charge is 0.303 e. The van der Waals surface area contributed by atoms with Gasteiger partial charge in [0.25, 0.3) is 0 Å². The molecule has 0 aromatic carbocycles. The van der Waals surface area contributed by atoms with E-state index in [0.717, 1.165) is 32.1 Å². The summed E-state index contributed by atoms with van der Waals surface area (Å²) < 4.78 is 5.63. The summed E-state index contributed by atoms with van der Waals surface area (Å²) >= 11 is 0. The molecule has 0 saturated heterocycles. The third-order valence-electron chi connectivity index (χ3n) is 5.02. The predicted molar refractivity (Wildman–Crippen MR) is 63.9 cm³/mol. The number of rotatable bonds is 3. The van der Waals surface area contributed by atoms with Crippen molar-refractivity contribution in [1.82, 2.24) is 0 Å². The lowest BCUT2D eigenvalue weighted by Crippen LogP contribution is -2.57. The summed E-state index contributed by atoms with van der Waals surface area (Å²) in [5.41, 5.74) is -0.448. The summed E-state index contributed by atoms with van der Waals surface area (Å²) in [6.45, 7) is 1.46. The molecule has 4 saturated carbocycles. The Bertz CT molecular complexity index is 353. The van der Waals surface area contributed by atoms with E-state index in [1.54, 1.807) is 0 Å². The van der Waals surface area contributed by atoms with Crippen molar-refractivity contribution in [3.05, 3.63) is 0 Å². The standard InChI is InChI=1S/C14H20O4/c1-9(15)18-14-5-10-2-11(6-14)4-13(3-10,8-14)7-12(16)17/h10-11H,2-8H2,1H3,(H,16,17). The fraction of sp³-hybridized carbons (Fsp3) is 0.857. The lowest BCUT2D eigenvalue weighted by molar-refractivity contribution is -0.202. The lowest BCUT2D eigenvalue weighted by atomic mass is 9.47. The Labute approximate surface area is 107 Å². The van der Waals surface area contributed by atoms with E-state index < -0.39 is 5.97 Å². The van der Waals surface area contributed by atoms with Gasteiger partial charge >= 0.3 is 11.9 Å². The van der Waals surface area contributed by atoms with Crippen LogP contribution in [0.1, 0.15) is 51.9 Å². The van der Waals surface area contributed by atoms with Crippen LogP contribution >= 0.6 is 0 Å². The molecule has 4 bridgehead atoms. The molecular weight excluding hydrogens is 232 g/mol. The third-order valence-corrected chi connectivity index (χ3v) is 5.02. The number of carboxylic acids is 1. The monoisotopic (exact) mass is 252 g/mol. The normalized spacial score (nSPS) is 44.9. The second-order valence-corrected chi connectivity index (χ2v) is 6.81. The Kier molecular flexibility index (Phi) is 2.48. The van der Waals surface area contributed by atoms with E-state index in [4.69, 9.17) is 9.84 Å². The fourth-order valence-electron chi connectivity index (χ4n) is 5.32. The molecule has 2 atom stereocenters. The van der Waals surface area contributed by atoms with Crippen molar-refractivity contribution in [2.45, 2.75) is 57.5 Å². The van der Waals surface area contributed by atoms with E-state index in [1.165, 1.54) is 13.3 Å². The predicted octanol–water partition coefficient (Wildman–Crippen LogP) is 2.36. The summed E-state index contributed by atoms with van der Waals surface area (Å²) in [7, 11) is 0. The van der Waals surface area contributed by atoms with Gasteiger partial charge in [0, 0.05) is 6.92 Å². The fourth-order valence-corrected chi connectivity index (χ4v) is 5.32. The van der Waals surface area contributed by atoms with E-state index in [2.05, 4.69) is 0 Å². The topological polar surface area (TPSA) is 63.6 Å². The Morgan fingerprint density at radius 3 is 2.33 bits per heavy atom. The first-order valence-electron chi connectivity index (χ1n) is 6.82. The van der Waals surface area contributed by atoms with Gasteiger partial charge in [0.1, 0.15) is 5.60 Å². The number of carbonyl (C=O) groups is 2. The maximum absolute atomic E-state index is 11.3. The molecule has 4 nitrogen and oxygen atoms in total. The van der Waals surface area contributed by atoms with Gasteiger partial charge in [-0.15, -0.1) is 0 Å². The summed E-state index contributed by atoms with van der Waals surface area (Å²) in [6.07, 6.45) is 6.12. The zero-order chi connectivity index (χ0) is 13.0. The Morgan fingerprint density at radius 2 is 1.83 bits per heavy atom. The van der Waals surface area contributed by atoms with Crippen molar-refractivity contribution in [3.63, 3.8) is 0 Å². The third kappa shape index (κ3) is 1.91. The number of ether oxygens (including phenoxy) is 1. The van der Waals surface area contributed by atoms with Crippen LogP contribution in [0, 0.1) is 17.3 Å². The molecule has 18 heavy (non-hydrogen) atoms. The molecule has 4 aliphatic rings. The Balaban J connectivity index is 1.87. The van der Waals surface area contributed by atoms with Gasteiger partial charge in [-0.25, -0.2) is 0 Å². The summed E-state index contributed by atoms with van der Waals surface area (Å²) in [4.78, 5) is 22.4. The second kappa shape index (κ2) is 3.72. The first kappa shape index (κ1) is 12.0. The van der Waals surface area contributed by atoms with Crippen LogP contribution in [0.25, 0.3) is 0 Å². The van der Waals surface area contributed by atoms with Gasteiger partial charge in [-0.05, 0) is 55.8 Å². The molecule has 0 spiro atoms. The molecule has 4 aliphatic carbocycles. The van der Waals surface area contributed by atoms with Crippen LogP contribution in [-0.4, -0.2) is 22.6 Å². The van der Waals surface area contributed by atoms with Crippen LogP contribution in [0.15, 0.2) is 0 Å². The number of hydrogen-bond donors (Lipinski definition) is 1. The van der Waals surface area contributed by atoms with Gasteiger partial charge in [0.15, 0.2) is 0 Å². The van der Waals surface area contributed by atoms with Crippen molar-refractivity contribution in [3.8, 4) is 0 Å². The van der Waals surface area contributed by atoms with E-state index in [1.807, 2.05) is 0 Å². The maximum atomic E-state index is 11.3. The van der Waals surface area contributed by atoms with Crippen LogP contribution in [-0.2, 0) is 14.3 Å². The van der Waals surface area contributed by atoms with Crippen molar-refractivity contribution >= 4 is 11.9 Å². The molecule has 0 heterocycles. The van der Waals surface area contributed by atoms with Crippen LogP contribution in [0.5, 0.6) is 0 Å². The van der Waals surface area contributed by atoms with E-state index in [9.17, 15) is 9.59 Å². The molecule has 2 unspecified atom stereocenters. The average molecular weight is 252 g/mol. The Morgan fingerprint density at radius 1 is 1.22 bits per heavy atom. The molecule has 4 heteroatoms. The molecule has 4 fully saturated rings. The van der Waals surface area contributed by atoms with Crippen molar-refractivity contribution in [2.75, 3.05) is 0 Å².